The Hall–Kier alpha value is -2.30. The van der Waals surface area contributed by atoms with Crippen LogP contribution in [0.1, 0.15) is 5.56 Å². The molecule has 1 aromatic carbocycles. The Morgan fingerprint density at radius 2 is 1.83 bits per heavy atom. The van der Waals surface area contributed by atoms with Gasteiger partial charge in [-0.25, -0.2) is 8.78 Å². The molecule has 1 amide bonds. The van der Waals surface area contributed by atoms with Crippen LogP contribution in [0.5, 0.6) is 0 Å². The van der Waals surface area contributed by atoms with Gasteiger partial charge < -0.3 is 5.32 Å². The fourth-order valence-corrected chi connectivity index (χ4v) is 1.47. The van der Waals surface area contributed by atoms with Gasteiger partial charge in [-0.15, -0.1) is 0 Å². The molecule has 92 valence electrons. The smallest absolute Gasteiger partial charge is 0.228 e. The second-order valence-corrected chi connectivity index (χ2v) is 3.71. The number of carbonyl (C=O) groups is 1. The zero-order valence-corrected chi connectivity index (χ0v) is 9.36. The summed E-state index contributed by atoms with van der Waals surface area (Å²) in [4.78, 5) is 15.5. The minimum atomic E-state index is -0.989. The predicted molar refractivity (Wildman–Crippen MR) is 62.9 cm³/mol. The first-order valence-corrected chi connectivity index (χ1v) is 5.29. The van der Waals surface area contributed by atoms with Crippen molar-refractivity contribution in [1.29, 1.82) is 0 Å². The van der Waals surface area contributed by atoms with Crippen molar-refractivity contribution in [3.8, 4) is 0 Å². The summed E-state index contributed by atoms with van der Waals surface area (Å²) < 4.78 is 25.6. The van der Waals surface area contributed by atoms with Gasteiger partial charge in [0.25, 0.3) is 0 Å². The third-order valence-corrected chi connectivity index (χ3v) is 2.32. The van der Waals surface area contributed by atoms with E-state index in [1.54, 1.807) is 24.5 Å². The molecule has 0 aliphatic carbocycles. The van der Waals surface area contributed by atoms with Gasteiger partial charge in [0, 0.05) is 24.1 Å². The van der Waals surface area contributed by atoms with E-state index in [-0.39, 0.29) is 18.0 Å². The Morgan fingerprint density at radius 3 is 2.50 bits per heavy atom. The number of benzene rings is 1. The number of halogens is 2. The molecule has 0 saturated carbocycles. The average Bonchev–Trinajstić information content (AvgIpc) is 2.35. The standard InChI is InChI=1S/C13H10F2N2O/c14-11-2-1-10(8-12(11)15)17-13(18)7-9-3-5-16-6-4-9/h1-6,8H,7H2,(H,17,18). The maximum absolute atomic E-state index is 12.9. The Balaban J connectivity index is 2.01. The van der Waals surface area contributed by atoms with Gasteiger partial charge in [0.2, 0.25) is 5.91 Å². The van der Waals surface area contributed by atoms with E-state index in [0.717, 1.165) is 17.7 Å². The maximum atomic E-state index is 12.9. The summed E-state index contributed by atoms with van der Waals surface area (Å²) in [6.07, 6.45) is 3.32. The lowest BCUT2D eigenvalue weighted by Gasteiger charge is -2.05. The Morgan fingerprint density at radius 1 is 1.11 bits per heavy atom. The predicted octanol–water partition coefficient (Wildman–Crippen LogP) is 2.54. The van der Waals surface area contributed by atoms with E-state index in [2.05, 4.69) is 10.3 Å². The van der Waals surface area contributed by atoms with E-state index < -0.39 is 11.6 Å². The third-order valence-electron chi connectivity index (χ3n) is 2.32. The van der Waals surface area contributed by atoms with Crippen molar-refractivity contribution in [3.05, 3.63) is 59.9 Å². The molecule has 0 bridgehead atoms. The number of amides is 1. The lowest BCUT2D eigenvalue weighted by atomic mass is 10.2. The first-order valence-electron chi connectivity index (χ1n) is 5.29. The summed E-state index contributed by atoms with van der Waals surface area (Å²) in [5.74, 6) is -2.23. The van der Waals surface area contributed by atoms with Gasteiger partial charge in [-0.05, 0) is 29.8 Å². The van der Waals surface area contributed by atoms with E-state index in [1.165, 1.54) is 6.07 Å². The number of rotatable bonds is 3. The molecule has 1 heterocycles. The molecule has 0 spiro atoms. The highest BCUT2D eigenvalue weighted by Gasteiger charge is 2.06. The monoisotopic (exact) mass is 248 g/mol. The fourth-order valence-electron chi connectivity index (χ4n) is 1.47. The number of hydrogen-bond acceptors (Lipinski definition) is 2. The van der Waals surface area contributed by atoms with Gasteiger partial charge in [0.05, 0.1) is 6.42 Å². The van der Waals surface area contributed by atoms with Crippen LogP contribution in [0.2, 0.25) is 0 Å². The Bertz CT molecular complexity index is 558. The molecule has 5 heteroatoms. The summed E-state index contributed by atoms with van der Waals surface area (Å²) in [6, 6.07) is 6.65. The zero-order valence-electron chi connectivity index (χ0n) is 9.36. The SMILES string of the molecule is O=C(Cc1ccncc1)Nc1ccc(F)c(F)c1. The molecule has 1 N–H and O–H groups in total. The minimum absolute atomic E-state index is 0.154. The molecule has 0 saturated heterocycles. The van der Waals surface area contributed by atoms with E-state index in [1.807, 2.05) is 0 Å². The molecule has 0 aliphatic rings. The largest absolute Gasteiger partial charge is 0.326 e. The van der Waals surface area contributed by atoms with Crippen molar-refractivity contribution < 1.29 is 13.6 Å². The minimum Gasteiger partial charge on any atom is -0.326 e. The highest BCUT2D eigenvalue weighted by molar-refractivity contribution is 5.92. The van der Waals surface area contributed by atoms with Crippen LogP contribution in [0.15, 0.2) is 42.7 Å². The van der Waals surface area contributed by atoms with Crippen LogP contribution in [0.25, 0.3) is 0 Å². The Kier molecular flexibility index (Phi) is 3.62. The number of pyridine rings is 1. The van der Waals surface area contributed by atoms with E-state index in [4.69, 9.17) is 0 Å². The quantitative estimate of drug-likeness (QED) is 0.906. The van der Waals surface area contributed by atoms with Gasteiger partial charge in [0.1, 0.15) is 0 Å². The van der Waals surface area contributed by atoms with Gasteiger partial charge in [-0.2, -0.15) is 0 Å². The van der Waals surface area contributed by atoms with Gasteiger partial charge in [-0.3, -0.25) is 9.78 Å². The molecular formula is C13H10F2N2O. The van der Waals surface area contributed by atoms with E-state index in [0.29, 0.717) is 0 Å². The van der Waals surface area contributed by atoms with Crippen molar-refractivity contribution in [2.24, 2.45) is 0 Å². The molecule has 3 nitrogen and oxygen atoms in total. The summed E-state index contributed by atoms with van der Waals surface area (Å²) in [7, 11) is 0. The first-order chi connectivity index (χ1) is 8.65. The Labute approximate surface area is 102 Å². The van der Waals surface area contributed by atoms with Crippen molar-refractivity contribution in [1.82, 2.24) is 4.98 Å². The number of aromatic nitrogens is 1. The average molecular weight is 248 g/mol. The molecule has 0 atom stereocenters. The fraction of sp³-hybridized carbons (Fsp3) is 0.0769. The van der Waals surface area contributed by atoms with Crippen LogP contribution in [0.3, 0.4) is 0 Å². The highest BCUT2D eigenvalue weighted by Crippen LogP contribution is 2.13. The summed E-state index contributed by atoms with van der Waals surface area (Å²) >= 11 is 0. The second-order valence-electron chi connectivity index (χ2n) is 3.71. The summed E-state index contributed by atoms with van der Waals surface area (Å²) in [6.45, 7) is 0. The molecule has 0 unspecified atom stereocenters. The van der Waals surface area contributed by atoms with Gasteiger partial charge in [0.15, 0.2) is 11.6 Å². The number of carbonyl (C=O) groups excluding carboxylic acids is 1. The summed E-state index contributed by atoms with van der Waals surface area (Å²) in [5, 5.41) is 2.49. The van der Waals surface area contributed by atoms with Crippen molar-refractivity contribution in [2.45, 2.75) is 6.42 Å². The molecular weight excluding hydrogens is 238 g/mol. The van der Waals surface area contributed by atoms with Crippen LogP contribution < -0.4 is 5.32 Å². The third kappa shape index (κ3) is 3.10. The first kappa shape index (κ1) is 12.2. The molecule has 1 aromatic heterocycles. The van der Waals surface area contributed by atoms with Crippen molar-refractivity contribution in [3.63, 3.8) is 0 Å². The number of nitrogens with one attached hydrogen (secondary N) is 1. The van der Waals surface area contributed by atoms with Crippen LogP contribution in [-0.4, -0.2) is 10.9 Å². The molecule has 2 rings (SSSR count). The molecule has 0 fully saturated rings. The van der Waals surface area contributed by atoms with Crippen LogP contribution in [0.4, 0.5) is 14.5 Å². The lowest BCUT2D eigenvalue weighted by molar-refractivity contribution is -0.115. The zero-order chi connectivity index (χ0) is 13.0. The van der Waals surface area contributed by atoms with Crippen molar-refractivity contribution in [2.75, 3.05) is 5.32 Å². The second kappa shape index (κ2) is 5.35. The molecule has 18 heavy (non-hydrogen) atoms. The number of hydrogen-bond donors (Lipinski definition) is 1. The van der Waals surface area contributed by atoms with E-state index in [9.17, 15) is 13.6 Å². The normalized spacial score (nSPS) is 10.1. The summed E-state index contributed by atoms with van der Waals surface area (Å²) in [5.41, 5.74) is 1.03. The van der Waals surface area contributed by atoms with Crippen molar-refractivity contribution >= 4 is 11.6 Å². The van der Waals surface area contributed by atoms with Crippen LogP contribution in [0, 0.1) is 11.6 Å². The number of nitrogens with zero attached hydrogens (tertiary/aromatic N) is 1. The number of anilines is 1. The molecule has 0 radical (unpaired) electrons. The molecule has 0 aliphatic heterocycles. The topological polar surface area (TPSA) is 42.0 Å². The maximum Gasteiger partial charge on any atom is 0.228 e. The van der Waals surface area contributed by atoms with Crippen LogP contribution >= 0.6 is 0 Å². The van der Waals surface area contributed by atoms with Gasteiger partial charge >= 0.3 is 0 Å². The van der Waals surface area contributed by atoms with Gasteiger partial charge in [-0.1, -0.05) is 0 Å². The van der Waals surface area contributed by atoms with E-state index >= 15 is 0 Å². The molecule has 2 aromatic rings. The lowest BCUT2D eigenvalue weighted by Crippen LogP contribution is -2.14. The highest BCUT2D eigenvalue weighted by atomic mass is 19.2. The van der Waals surface area contributed by atoms with Crippen LogP contribution in [-0.2, 0) is 11.2 Å².